The van der Waals surface area contributed by atoms with Crippen molar-refractivity contribution in [2.45, 2.75) is 19.9 Å². The lowest BCUT2D eigenvalue weighted by molar-refractivity contribution is 1.09. The van der Waals surface area contributed by atoms with Crippen LogP contribution in [0.2, 0.25) is 0 Å². The fourth-order valence-corrected chi connectivity index (χ4v) is 2.82. The Morgan fingerprint density at radius 1 is 1.50 bits per heavy atom. The first-order chi connectivity index (χ1) is 8.72. The van der Waals surface area contributed by atoms with Crippen LogP contribution in [0, 0.1) is 11.3 Å². The Hall–Kier alpha value is -1.38. The van der Waals surface area contributed by atoms with Gasteiger partial charge in [-0.2, -0.15) is 5.26 Å². The quantitative estimate of drug-likeness (QED) is 0.927. The monoisotopic (exact) mass is 321 g/mol. The highest BCUT2D eigenvalue weighted by molar-refractivity contribution is 9.10. The number of thiazole rings is 1. The van der Waals surface area contributed by atoms with Crippen molar-refractivity contribution in [2.24, 2.45) is 0 Å². The van der Waals surface area contributed by atoms with Crippen LogP contribution in [0.15, 0.2) is 28.9 Å². The molecule has 0 aliphatic rings. The average molecular weight is 322 g/mol. The Morgan fingerprint density at radius 2 is 2.33 bits per heavy atom. The van der Waals surface area contributed by atoms with Crippen molar-refractivity contribution >= 4 is 33.0 Å². The lowest BCUT2D eigenvalue weighted by Crippen LogP contribution is -1.98. The Kier molecular flexibility index (Phi) is 4.34. The van der Waals surface area contributed by atoms with Crippen LogP contribution in [0.5, 0.6) is 0 Å². The van der Waals surface area contributed by atoms with E-state index in [2.05, 4.69) is 39.2 Å². The van der Waals surface area contributed by atoms with Crippen LogP contribution >= 0.6 is 27.3 Å². The van der Waals surface area contributed by atoms with Gasteiger partial charge in [0.05, 0.1) is 23.2 Å². The third-order valence-electron chi connectivity index (χ3n) is 2.46. The molecule has 0 saturated carbocycles. The smallest absolute Gasteiger partial charge is 0.0992 e. The molecule has 1 heterocycles. The lowest BCUT2D eigenvalue weighted by Gasteiger charge is -2.07. The first-order valence-electron chi connectivity index (χ1n) is 5.60. The molecule has 1 aromatic carbocycles. The van der Waals surface area contributed by atoms with Crippen LogP contribution in [0.3, 0.4) is 0 Å². The fourth-order valence-electron chi connectivity index (χ4n) is 1.50. The molecule has 0 aliphatic heterocycles. The molecule has 0 fully saturated rings. The summed E-state index contributed by atoms with van der Waals surface area (Å²) in [6.45, 7) is 2.86. The van der Waals surface area contributed by atoms with E-state index in [4.69, 9.17) is 5.26 Å². The molecule has 92 valence electrons. The highest BCUT2D eigenvalue weighted by Gasteiger charge is 2.03. The van der Waals surface area contributed by atoms with Gasteiger partial charge >= 0.3 is 0 Å². The maximum Gasteiger partial charge on any atom is 0.0992 e. The van der Waals surface area contributed by atoms with Gasteiger partial charge in [-0.1, -0.05) is 6.92 Å². The van der Waals surface area contributed by atoms with Crippen molar-refractivity contribution in [2.75, 3.05) is 5.32 Å². The molecule has 2 rings (SSSR count). The second-order valence-corrected chi connectivity index (χ2v) is 5.79. The molecular formula is C13H12BrN3S. The number of benzene rings is 1. The molecule has 0 atom stereocenters. The minimum atomic E-state index is 0.651. The first kappa shape index (κ1) is 13.1. The minimum absolute atomic E-state index is 0.651. The molecule has 3 nitrogen and oxygen atoms in total. The molecule has 0 unspecified atom stereocenters. The van der Waals surface area contributed by atoms with Gasteiger partial charge in [-0.25, -0.2) is 4.98 Å². The molecule has 0 amide bonds. The van der Waals surface area contributed by atoms with Gasteiger partial charge in [0.1, 0.15) is 0 Å². The summed E-state index contributed by atoms with van der Waals surface area (Å²) < 4.78 is 0.904. The van der Waals surface area contributed by atoms with E-state index < -0.39 is 0 Å². The van der Waals surface area contributed by atoms with Crippen molar-refractivity contribution in [1.82, 2.24) is 4.98 Å². The number of nitriles is 1. The van der Waals surface area contributed by atoms with Gasteiger partial charge in [0, 0.05) is 21.2 Å². The Morgan fingerprint density at radius 3 is 2.94 bits per heavy atom. The summed E-state index contributed by atoms with van der Waals surface area (Å²) in [4.78, 5) is 5.53. The molecule has 0 spiro atoms. The van der Waals surface area contributed by atoms with E-state index in [1.807, 2.05) is 18.3 Å². The summed E-state index contributed by atoms with van der Waals surface area (Å²) in [5, 5.41) is 13.3. The van der Waals surface area contributed by atoms with Crippen LogP contribution in [0.1, 0.15) is 22.4 Å². The Bertz CT molecular complexity index is 586. The summed E-state index contributed by atoms with van der Waals surface area (Å²) in [6, 6.07) is 7.64. The molecule has 1 N–H and O–H groups in total. The van der Waals surface area contributed by atoms with Crippen molar-refractivity contribution in [3.63, 3.8) is 0 Å². The zero-order valence-corrected chi connectivity index (χ0v) is 12.3. The second kappa shape index (κ2) is 5.98. The third-order valence-corrected chi connectivity index (χ3v) is 4.25. The van der Waals surface area contributed by atoms with Crippen LogP contribution in [0.4, 0.5) is 5.69 Å². The molecular weight excluding hydrogens is 310 g/mol. The van der Waals surface area contributed by atoms with Gasteiger partial charge in [0.15, 0.2) is 0 Å². The maximum atomic E-state index is 8.79. The first-order valence-corrected chi connectivity index (χ1v) is 7.21. The number of hydrogen-bond acceptors (Lipinski definition) is 4. The number of aromatic nitrogens is 1. The van der Waals surface area contributed by atoms with Crippen molar-refractivity contribution in [3.8, 4) is 6.07 Å². The average Bonchev–Trinajstić information content (AvgIpc) is 2.85. The van der Waals surface area contributed by atoms with E-state index in [1.165, 1.54) is 4.88 Å². The van der Waals surface area contributed by atoms with E-state index in [9.17, 15) is 0 Å². The predicted molar refractivity (Wildman–Crippen MR) is 77.7 cm³/mol. The normalized spacial score (nSPS) is 10.1. The fraction of sp³-hybridized carbons (Fsp3) is 0.231. The summed E-state index contributed by atoms with van der Waals surface area (Å²) >= 11 is 5.18. The lowest BCUT2D eigenvalue weighted by atomic mass is 10.2. The van der Waals surface area contributed by atoms with Crippen LogP contribution in [0.25, 0.3) is 0 Å². The number of anilines is 1. The molecule has 0 aliphatic carbocycles. The number of halogens is 1. The SMILES string of the molecule is CCc1ncc(CNc2ccc(C#N)cc2Br)s1. The van der Waals surface area contributed by atoms with Crippen LogP contribution < -0.4 is 5.32 Å². The predicted octanol–water partition coefficient (Wildman–Crippen LogP) is 3.95. The Balaban J connectivity index is 2.04. The van der Waals surface area contributed by atoms with E-state index >= 15 is 0 Å². The van der Waals surface area contributed by atoms with Gasteiger partial charge < -0.3 is 5.32 Å². The molecule has 18 heavy (non-hydrogen) atoms. The van der Waals surface area contributed by atoms with Crippen molar-refractivity contribution in [1.29, 1.82) is 5.26 Å². The standard InChI is InChI=1S/C13H12BrN3S/c1-2-13-17-8-10(18-13)7-16-12-4-3-9(6-15)5-11(12)14/h3-5,8,16H,2,7H2,1H3. The molecule has 1 aromatic heterocycles. The van der Waals surface area contributed by atoms with Gasteiger partial charge in [-0.3, -0.25) is 0 Å². The van der Waals surface area contributed by atoms with E-state index in [0.717, 1.165) is 28.1 Å². The van der Waals surface area contributed by atoms with Crippen molar-refractivity contribution in [3.05, 3.63) is 44.3 Å². The maximum absolute atomic E-state index is 8.79. The molecule has 5 heteroatoms. The topological polar surface area (TPSA) is 48.7 Å². The number of hydrogen-bond donors (Lipinski definition) is 1. The van der Waals surface area contributed by atoms with Crippen LogP contribution in [-0.2, 0) is 13.0 Å². The number of rotatable bonds is 4. The number of nitrogens with one attached hydrogen (secondary N) is 1. The largest absolute Gasteiger partial charge is 0.379 e. The molecule has 0 radical (unpaired) electrons. The summed E-state index contributed by atoms with van der Waals surface area (Å²) in [7, 11) is 0. The highest BCUT2D eigenvalue weighted by Crippen LogP contribution is 2.24. The van der Waals surface area contributed by atoms with E-state index in [0.29, 0.717) is 5.56 Å². The summed E-state index contributed by atoms with van der Waals surface area (Å²) in [6.07, 6.45) is 2.89. The summed E-state index contributed by atoms with van der Waals surface area (Å²) in [5.41, 5.74) is 1.64. The second-order valence-electron chi connectivity index (χ2n) is 3.73. The van der Waals surface area contributed by atoms with E-state index in [1.54, 1.807) is 17.4 Å². The molecule has 2 aromatic rings. The van der Waals surface area contributed by atoms with Gasteiger partial charge in [0.2, 0.25) is 0 Å². The zero-order chi connectivity index (χ0) is 13.0. The van der Waals surface area contributed by atoms with Gasteiger partial charge in [0.25, 0.3) is 0 Å². The minimum Gasteiger partial charge on any atom is -0.379 e. The van der Waals surface area contributed by atoms with Gasteiger partial charge in [-0.05, 0) is 40.5 Å². The van der Waals surface area contributed by atoms with Crippen molar-refractivity contribution < 1.29 is 0 Å². The van der Waals surface area contributed by atoms with Gasteiger partial charge in [-0.15, -0.1) is 11.3 Å². The van der Waals surface area contributed by atoms with E-state index in [-0.39, 0.29) is 0 Å². The zero-order valence-electron chi connectivity index (χ0n) is 9.90. The highest BCUT2D eigenvalue weighted by atomic mass is 79.9. The third kappa shape index (κ3) is 3.09. The van der Waals surface area contributed by atoms with Crippen LogP contribution in [-0.4, -0.2) is 4.98 Å². The summed E-state index contributed by atoms with van der Waals surface area (Å²) in [5.74, 6) is 0. The number of nitrogens with zero attached hydrogens (tertiary/aromatic N) is 2. The molecule has 0 bridgehead atoms. The Labute approximate surface area is 119 Å². The molecule has 0 saturated heterocycles. The number of aryl methyl sites for hydroxylation is 1.